The summed E-state index contributed by atoms with van der Waals surface area (Å²) in [5.74, 6) is -0.711. The number of rotatable bonds is 5. The number of aromatic nitrogens is 4. The van der Waals surface area contributed by atoms with Crippen molar-refractivity contribution >= 4 is 31.3 Å². The first-order valence-corrected chi connectivity index (χ1v) is 13.6. The second-order valence-corrected chi connectivity index (χ2v) is 15.2. The highest BCUT2D eigenvalue weighted by Crippen LogP contribution is 2.59. The van der Waals surface area contributed by atoms with E-state index in [2.05, 4.69) is 41.0 Å². The molecule has 1 unspecified atom stereocenters. The van der Waals surface area contributed by atoms with Crippen molar-refractivity contribution in [3.05, 3.63) is 16.7 Å². The number of halogens is 1. The Morgan fingerprint density at radius 2 is 2.09 bits per heavy atom. The van der Waals surface area contributed by atoms with E-state index in [9.17, 15) is 14.7 Å². The van der Waals surface area contributed by atoms with Crippen LogP contribution in [0.5, 0.6) is 0 Å². The van der Waals surface area contributed by atoms with Gasteiger partial charge in [0.25, 0.3) is 5.56 Å². The maximum absolute atomic E-state index is 15.7. The predicted molar refractivity (Wildman–Crippen MR) is 117 cm³/mol. The van der Waals surface area contributed by atoms with E-state index in [1.165, 1.54) is 10.9 Å². The van der Waals surface area contributed by atoms with Gasteiger partial charge in [-0.3, -0.25) is 24.5 Å². The van der Waals surface area contributed by atoms with Crippen LogP contribution in [-0.2, 0) is 14.0 Å². The third kappa shape index (κ3) is 3.40. The topological polar surface area (TPSA) is 131 Å². The first kappa shape index (κ1) is 23.0. The van der Waals surface area contributed by atoms with Crippen molar-refractivity contribution in [1.29, 1.82) is 0 Å². The van der Waals surface area contributed by atoms with E-state index in [-0.39, 0.29) is 34.0 Å². The van der Waals surface area contributed by atoms with Gasteiger partial charge in [-0.05, 0) is 18.1 Å². The fourth-order valence-corrected chi connectivity index (χ4v) is 4.86. The molecule has 2 fully saturated rings. The molecular formula is C20H30FN5O5Si. The van der Waals surface area contributed by atoms with Crippen LogP contribution in [0.15, 0.2) is 11.1 Å². The molecule has 5 atom stereocenters. The Balaban J connectivity index is 1.60. The highest BCUT2D eigenvalue weighted by atomic mass is 28.4. The highest BCUT2D eigenvalue weighted by molar-refractivity contribution is 6.74. The van der Waals surface area contributed by atoms with E-state index in [0.717, 1.165) is 0 Å². The summed E-state index contributed by atoms with van der Waals surface area (Å²) in [7, 11) is -2.27. The van der Waals surface area contributed by atoms with E-state index in [4.69, 9.17) is 9.16 Å². The normalized spacial score (nSPS) is 30.1. The van der Waals surface area contributed by atoms with Gasteiger partial charge in [-0.2, -0.15) is 4.98 Å². The molecule has 1 aliphatic heterocycles. The van der Waals surface area contributed by atoms with Crippen LogP contribution in [0, 0.1) is 5.92 Å². The predicted octanol–water partition coefficient (Wildman–Crippen LogP) is 2.08. The molecule has 2 aromatic rings. The van der Waals surface area contributed by atoms with Crippen molar-refractivity contribution < 1.29 is 23.5 Å². The maximum atomic E-state index is 15.7. The maximum Gasteiger partial charge on any atom is 0.280 e. The molecule has 1 saturated heterocycles. The monoisotopic (exact) mass is 467 g/mol. The number of nitrogens with zero attached hydrogens (tertiary/aromatic N) is 3. The minimum atomic E-state index is -2.27. The van der Waals surface area contributed by atoms with Crippen LogP contribution in [0.2, 0.25) is 18.1 Å². The summed E-state index contributed by atoms with van der Waals surface area (Å²) in [6, 6.07) is 0. The Kier molecular flexibility index (Phi) is 5.16. The number of aromatic amines is 1. The van der Waals surface area contributed by atoms with Gasteiger partial charge in [-0.25, -0.2) is 9.37 Å². The molecule has 1 amide bonds. The lowest BCUT2D eigenvalue weighted by molar-refractivity contribution is -0.118. The van der Waals surface area contributed by atoms with Gasteiger partial charge in [-0.1, -0.05) is 34.6 Å². The molecule has 3 heterocycles. The zero-order chi connectivity index (χ0) is 23.8. The highest BCUT2D eigenvalue weighted by Gasteiger charge is 2.80. The number of carbonyl (C=O) groups excluding carboxylic acids is 1. The summed E-state index contributed by atoms with van der Waals surface area (Å²) in [5.41, 5.74) is -2.55. The Hall–Kier alpha value is -2.15. The minimum Gasteiger partial charge on any atom is -0.408 e. The number of aliphatic hydroxyl groups excluding tert-OH is 1. The molecule has 0 aromatic carbocycles. The van der Waals surface area contributed by atoms with Gasteiger partial charge in [0.1, 0.15) is 18.3 Å². The van der Waals surface area contributed by atoms with Crippen LogP contribution in [0.1, 0.15) is 40.8 Å². The molecule has 0 spiro atoms. The molecule has 2 aromatic heterocycles. The number of hydrogen-bond acceptors (Lipinski definition) is 7. The molecule has 12 heteroatoms. The smallest absolute Gasteiger partial charge is 0.280 e. The van der Waals surface area contributed by atoms with Crippen molar-refractivity contribution in [2.45, 2.75) is 83.0 Å². The summed E-state index contributed by atoms with van der Waals surface area (Å²) in [4.78, 5) is 35.1. The van der Waals surface area contributed by atoms with Crippen molar-refractivity contribution in [3.63, 3.8) is 0 Å². The van der Waals surface area contributed by atoms with Crippen LogP contribution in [0.3, 0.4) is 0 Å². The van der Waals surface area contributed by atoms with Crippen LogP contribution < -0.4 is 10.9 Å². The number of anilines is 1. The van der Waals surface area contributed by atoms with E-state index >= 15 is 4.39 Å². The minimum absolute atomic E-state index is 0.00843. The molecule has 0 radical (unpaired) electrons. The number of alkyl halides is 1. The van der Waals surface area contributed by atoms with Gasteiger partial charge in [0.05, 0.1) is 6.33 Å². The molecule has 1 aliphatic carbocycles. The van der Waals surface area contributed by atoms with E-state index < -0.39 is 44.1 Å². The van der Waals surface area contributed by atoms with Crippen LogP contribution in [-0.4, -0.2) is 62.8 Å². The SMILES string of the molecule is CC(C)C(=O)Nc1nc2c(ncn2[C@@H]2O[C@@H]3C(O[Si](C)(C)C(C)(C)C)[C@]3(F)[C@H]2O)c(=O)[nH]1. The first-order valence-electron chi connectivity index (χ1n) is 10.7. The molecule has 3 N–H and O–H groups in total. The Bertz CT molecular complexity index is 1130. The summed E-state index contributed by atoms with van der Waals surface area (Å²) in [5, 5.41) is 13.2. The zero-order valence-corrected chi connectivity index (χ0v) is 20.3. The zero-order valence-electron chi connectivity index (χ0n) is 19.3. The number of H-pyrrole nitrogens is 1. The fourth-order valence-electron chi connectivity index (χ4n) is 3.57. The first-order chi connectivity index (χ1) is 14.7. The molecule has 4 rings (SSSR count). The van der Waals surface area contributed by atoms with Crippen molar-refractivity contribution in [1.82, 2.24) is 19.5 Å². The Morgan fingerprint density at radius 1 is 1.44 bits per heavy atom. The quantitative estimate of drug-likeness (QED) is 0.574. The average molecular weight is 468 g/mol. The molecule has 32 heavy (non-hydrogen) atoms. The summed E-state index contributed by atoms with van der Waals surface area (Å²) in [6.45, 7) is 13.6. The van der Waals surface area contributed by atoms with Crippen molar-refractivity contribution in [2.75, 3.05) is 5.32 Å². The summed E-state index contributed by atoms with van der Waals surface area (Å²) < 4.78 is 29.0. The lowest BCUT2D eigenvalue weighted by Crippen LogP contribution is -2.45. The second kappa shape index (κ2) is 7.17. The average Bonchev–Trinajstić information content (AvgIpc) is 2.95. The van der Waals surface area contributed by atoms with Crippen LogP contribution in [0.4, 0.5) is 10.3 Å². The number of fused-ring (bicyclic) bond motifs is 2. The number of aliphatic hydroxyl groups is 1. The molecule has 176 valence electrons. The third-order valence-electron chi connectivity index (χ3n) is 6.75. The number of hydrogen-bond donors (Lipinski definition) is 3. The van der Waals surface area contributed by atoms with Crippen LogP contribution in [0.25, 0.3) is 11.2 Å². The number of imidazole rings is 1. The Labute approximate surface area is 185 Å². The molecule has 2 aliphatic rings. The number of amides is 1. The van der Waals surface area contributed by atoms with E-state index in [1.54, 1.807) is 13.8 Å². The largest absolute Gasteiger partial charge is 0.408 e. The van der Waals surface area contributed by atoms with Gasteiger partial charge in [0, 0.05) is 5.92 Å². The van der Waals surface area contributed by atoms with E-state index in [0.29, 0.717) is 0 Å². The third-order valence-corrected chi connectivity index (χ3v) is 11.2. The lowest BCUT2D eigenvalue weighted by Gasteiger charge is -2.37. The van der Waals surface area contributed by atoms with Crippen molar-refractivity contribution in [2.24, 2.45) is 5.92 Å². The molecule has 0 bridgehead atoms. The van der Waals surface area contributed by atoms with Gasteiger partial charge < -0.3 is 14.3 Å². The standard InChI is InChI=1S/C20H30FN5O5Si/c1-9(2)15(28)24-18-23-14-10(16(29)25-18)22-8-26(14)17-11(27)20(21)12(30-17)13(20)31-32(6,7)19(3,4)5/h8-9,11-13,17,27H,1-7H3,(H2,23,24,25,28,29)/t11-,12+,13?,17+,20-/m0/s1. The number of carbonyl (C=O) groups is 1. The van der Waals surface area contributed by atoms with Gasteiger partial charge >= 0.3 is 0 Å². The van der Waals surface area contributed by atoms with Gasteiger partial charge in [0.15, 0.2) is 31.4 Å². The van der Waals surface area contributed by atoms with E-state index in [1.807, 2.05) is 13.1 Å². The molecular weight excluding hydrogens is 437 g/mol. The second-order valence-electron chi connectivity index (χ2n) is 10.4. The van der Waals surface area contributed by atoms with Gasteiger partial charge in [-0.15, -0.1) is 0 Å². The molecule has 10 nitrogen and oxygen atoms in total. The number of nitrogens with one attached hydrogen (secondary N) is 2. The van der Waals surface area contributed by atoms with Crippen LogP contribution >= 0.6 is 0 Å². The van der Waals surface area contributed by atoms with Gasteiger partial charge in [0.2, 0.25) is 11.9 Å². The summed E-state index contributed by atoms with van der Waals surface area (Å²) in [6.07, 6.45) is -3.16. The lowest BCUT2D eigenvalue weighted by atomic mass is 10.2. The Morgan fingerprint density at radius 3 is 2.62 bits per heavy atom. The van der Waals surface area contributed by atoms with Crippen molar-refractivity contribution in [3.8, 4) is 0 Å². The number of ether oxygens (including phenoxy) is 1. The fraction of sp³-hybridized carbons (Fsp3) is 0.700. The molecule has 1 saturated carbocycles. The summed E-state index contributed by atoms with van der Waals surface area (Å²) >= 11 is 0.